The first-order valence-corrected chi connectivity index (χ1v) is 10.9. The van der Waals surface area contributed by atoms with E-state index in [1.807, 2.05) is 65.9 Å². The molecule has 6 nitrogen and oxygen atoms in total. The SMILES string of the molecule is CSc1cccc(NC(=O)C(=O)NCC(c2ccsc2)n2nc(C)cc2C)c1. The molecule has 2 N–H and O–H groups in total. The second kappa shape index (κ2) is 9.07. The van der Waals surface area contributed by atoms with Gasteiger partial charge in [-0.2, -0.15) is 16.4 Å². The van der Waals surface area contributed by atoms with Crippen molar-refractivity contribution in [1.82, 2.24) is 15.1 Å². The van der Waals surface area contributed by atoms with E-state index in [0.29, 0.717) is 5.69 Å². The van der Waals surface area contributed by atoms with Gasteiger partial charge in [-0.25, -0.2) is 0 Å². The van der Waals surface area contributed by atoms with Crippen molar-refractivity contribution in [3.8, 4) is 0 Å². The predicted octanol–water partition coefficient (Wildman–Crippen LogP) is 3.63. The van der Waals surface area contributed by atoms with E-state index in [2.05, 4.69) is 15.7 Å². The van der Waals surface area contributed by atoms with E-state index in [9.17, 15) is 9.59 Å². The van der Waals surface area contributed by atoms with Gasteiger partial charge in [0.2, 0.25) is 0 Å². The minimum atomic E-state index is -0.685. The summed E-state index contributed by atoms with van der Waals surface area (Å²) in [6.07, 6.45) is 1.96. The maximum Gasteiger partial charge on any atom is 0.313 e. The highest BCUT2D eigenvalue weighted by molar-refractivity contribution is 7.98. The molecule has 0 saturated carbocycles. The Bertz CT molecular complexity index is 967. The molecule has 3 rings (SSSR count). The Balaban J connectivity index is 1.68. The number of nitrogens with zero attached hydrogens (tertiary/aromatic N) is 2. The average molecular weight is 415 g/mol. The number of carbonyl (C=O) groups is 2. The number of amides is 2. The molecular formula is C20H22N4O2S2. The summed E-state index contributed by atoms with van der Waals surface area (Å²) in [6, 6.07) is 11.2. The number of thiophene rings is 1. The molecular weight excluding hydrogens is 392 g/mol. The summed E-state index contributed by atoms with van der Waals surface area (Å²) < 4.78 is 1.89. The van der Waals surface area contributed by atoms with Crippen LogP contribution in [0.5, 0.6) is 0 Å². The van der Waals surface area contributed by atoms with Crippen molar-refractivity contribution in [3.05, 3.63) is 64.1 Å². The van der Waals surface area contributed by atoms with E-state index < -0.39 is 11.8 Å². The molecule has 146 valence electrons. The molecule has 0 bridgehead atoms. The van der Waals surface area contributed by atoms with Gasteiger partial charge in [-0.1, -0.05) is 6.07 Å². The van der Waals surface area contributed by atoms with Gasteiger partial charge in [0, 0.05) is 22.8 Å². The van der Waals surface area contributed by atoms with Gasteiger partial charge >= 0.3 is 11.8 Å². The van der Waals surface area contributed by atoms with E-state index in [-0.39, 0.29) is 12.6 Å². The first-order valence-electron chi connectivity index (χ1n) is 8.76. The van der Waals surface area contributed by atoms with Crippen LogP contribution in [0.2, 0.25) is 0 Å². The zero-order valence-corrected chi connectivity index (χ0v) is 17.6. The summed E-state index contributed by atoms with van der Waals surface area (Å²) in [7, 11) is 0. The molecule has 0 aliphatic heterocycles. The molecule has 0 radical (unpaired) electrons. The fourth-order valence-electron chi connectivity index (χ4n) is 2.93. The summed E-state index contributed by atoms with van der Waals surface area (Å²) >= 11 is 3.16. The average Bonchev–Trinajstić information content (AvgIpc) is 3.32. The molecule has 3 aromatic rings. The van der Waals surface area contributed by atoms with Crippen LogP contribution in [0.1, 0.15) is 23.0 Å². The third kappa shape index (κ3) is 4.82. The summed E-state index contributed by atoms with van der Waals surface area (Å²) in [4.78, 5) is 25.6. The van der Waals surface area contributed by atoms with Gasteiger partial charge in [0.05, 0.1) is 11.7 Å². The van der Waals surface area contributed by atoms with Crippen molar-refractivity contribution in [2.45, 2.75) is 24.8 Å². The van der Waals surface area contributed by atoms with E-state index in [1.165, 1.54) is 0 Å². The summed E-state index contributed by atoms with van der Waals surface area (Å²) in [6.45, 7) is 4.19. The number of benzene rings is 1. The van der Waals surface area contributed by atoms with Crippen LogP contribution in [-0.2, 0) is 9.59 Å². The molecule has 2 aromatic heterocycles. The first-order chi connectivity index (χ1) is 13.5. The zero-order valence-electron chi connectivity index (χ0n) is 15.9. The molecule has 2 heterocycles. The van der Waals surface area contributed by atoms with Gasteiger partial charge in [-0.05, 0) is 66.8 Å². The molecule has 0 aliphatic carbocycles. The number of nitrogens with one attached hydrogen (secondary N) is 2. The number of hydrogen-bond acceptors (Lipinski definition) is 5. The van der Waals surface area contributed by atoms with Gasteiger partial charge in [-0.15, -0.1) is 11.8 Å². The lowest BCUT2D eigenvalue weighted by atomic mass is 10.1. The number of thioether (sulfide) groups is 1. The van der Waals surface area contributed by atoms with Crippen LogP contribution in [0.4, 0.5) is 5.69 Å². The Kier molecular flexibility index (Phi) is 6.53. The highest BCUT2D eigenvalue weighted by Gasteiger charge is 2.21. The summed E-state index contributed by atoms with van der Waals surface area (Å²) in [5.74, 6) is -1.35. The predicted molar refractivity (Wildman–Crippen MR) is 114 cm³/mol. The lowest BCUT2D eigenvalue weighted by molar-refractivity contribution is -0.136. The molecule has 28 heavy (non-hydrogen) atoms. The highest BCUT2D eigenvalue weighted by Crippen LogP contribution is 2.22. The van der Waals surface area contributed by atoms with Crippen molar-refractivity contribution in [1.29, 1.82) is 0 Å². The van der Waals surface area contributed by atoms with Crippen molar-refractivity contribution < 1.29 is 9.59 Å². The maximum atomic E-state index is 12.3. The summed E-state index contributed by atoms with van der Waals surface area (Å²) in [5.41, 5.74) is 3.56. The standard InChI is InChI=1S/C20H22N4O2S2/c1-13-9-14(2)24(23-13)18(15-7-8-28-12-15)11-21-19(25)20(26)22-16-5-4-6-17(10-16)27-3/h4-10,12,18H,11H2,1-3H3,(H,21,25)(H,22,26). The van der Waals surface area contributed by atoms with E-state index >= 15 is 0 Å². The smallest absolute Gasteiger partial charge is 0.313 e. The Hall–Kier alpha value is -2.58. The van der Waals surface area contributed by atoms with Crippen LogP contribution in [-0.4, -0.2) is 34.4 Å². The number of anilines is 1. The zero-order chi connectivity index (χ0) is 20.1. The lowest BCUT2D eigenvalue weighted by Gasteiger charge is -2.19. The van der Waals surface area contributed by atoms with Crippen LogP contribution >= 0.6 is 23.1 Å². The molecule has 0 spiro atoms. The summed E-state index contributed by atoms with van der Waals surface area (Å²) in [5, 5.41) is 13.9. The van der Waals surface area contributed by atoms with Crippen molar-refractivity contribution in [3.63, 3.8) is 0 Å². The number of aryl methyl sites for hydroxylation is 2. The Morgan fingerprint density at radius 2 is 2.04 bits per heavy atom. The van der Waals surface area contributed by atoms with Gasteiger partial charge in [-0.3, -0.25) is 14.3 Å². The minimum Gasteiger partial charge on any atom is -0.345 e. The molecule has 0 fully saturated rings. The third-order valence-corrected chi connectivity index (χ3v) is 5.68. The highest BCUT2D eigenvalue weighted by atomic mass is 32.2. The Morgan fingerprint density at radius 1 is 1.21 bits per heavy atom. The van der Waals surface area contributed by atoms with Crippen LogP contribution in [0.15, 0.2) is 52.1 Å². The number of carbonyl (C=O) groups excluding carboxylic acids is 2. The van der Waals surface area contributed by atoms with Crippen LogP contribution in [0.25, 0.3) is 0 Å². The second-order valence-corrected chi connectivity index (χ2v) is 8.00. The Morgan fingerprint density at radius 3 is 2.68 bits per heavy atom. The number of aromatic nitrogens is 2. The number of rotatable bonds is 6. The van der Waals surface area contributed by atoms with Crippen molar-refractivity contribution in [2.75, 3.05) is 18.1 Å². The van der Waals surface area contributed by atoms with Crippen LogP contribution in [0, 0.1) is 13.8 Å². The third-order valence-electron chi connectivity index (χ3n) is 4.26. The van der Waals surface area contributed by atoms with Crippen LogP contribution < -0.4 is 10.6 Å². The molecule has 2 amide bonds. The van der Waals surface area contributed by atoms with Gasteiger partial charge in [0.25, 0.3) is 0 Å². The quantitative estimate of drug-likeness (QED) is 0.477. The van der Waals surface area contributed by atoms with E-state index in [1.54, 1.807) is 29.2 Å². The molecule has 1 atom stereocenters. The Labute approximate surface area is 172 Å². The van der Waals surface area contributed by atoms with Gasteiger partial charge in [0.1, 0.15) is 0 Å². The molecule has 0 aliphatic rings. The monoisotopic (exact) mass is 414 g/mol. The maximum absolute atomic E-state index is 12.3. The molecule has 8 heteroatoms. The van der Waals surface area contributed by atoms with Crippen molar-refractivity contribution >= 4 is 40.6 Å². The molecule has 1 aromatic carbocycles. The number of hydrogen-bond donors (Lipinski definition) is 2. The van der Waals surface area contributed by atoms with Gasteiger partial charge < -0.3 is 10.6 Å². The first kappa shape index (κ1) is 20.2. The largest absolute Gasteiger partial charge is 0.345 e. The molecule has 1 unspecified atom stereocenters. The topological polar surface area (TPSA) is 76.0 Å². The molecule has 0 saturated heterocycles. The van der Waals surface area contributed by atoms with Gasteiger partial charge in [0.15, 0.2) is 0 Å². The second-order valence-electron chi connectivity index (χ2n) is 6.34. The fraction of sp³-hybridized carbons (Fsp3) is 0.250. The lowest BCUT2D eigenvalue weighted by Crippen LogP contribution is -2.39. The minimum absolute atomic E-state index is 0.170. The van der Waals surface area contributed by atoms with Crippen molar-refractivity contribution in [2.24, 2.45) is 0 Å². The van der Waals surface area contributed by atoms with E-state index in [4.69, 9.17) is 0 Å². The fourth-order valence-corrected chi connectivity index (χ4v) is 4.10. The van der Waals surface area contributed by atoms with E-state index in [0.717, 1.165) is 21.8 Å². The van der Waals surface area contributed by atoms with Crippen LogP contribution in [0.3, 0.4) is 0 Å². The normalized spacial score (nSPS) is 11.8.